The number of nitriles is 1. The van der Waals surface area contributed by atoms with E-state index in [1.165, 1.54) is 21.6 Å². The molecule has 4 rings (SSSR count). The second-order valence-electron chi connectivity index (χ2n) is 9.33. The Balaban J connectivity index is 1.69. The molecule has 2 heterocycles. The number of hydrogen-bond donors (Lipinski definition) is 0. The minimum atomic E-state index is -0.921. The monoisotopic (exact) mass is 526 g/mol. The van der Waals surface area contributed by atoms with Crippen LogP contribution in [0.2, 0.25) is 0 Å². The average Bonchev–Trinajstić information content (AvgIpc) is 3.22. The standard InChI is InChI=1S/C30H30N4O3S/c1-5-26(38-28-24(17-31)20(3)19(2)21(4)32-28)30(37)33(18-22-12-8-6-9-13-22)25-16-27(35)34(29(25)36)23-14-10-7-11-15-23/h6-15,25-26H,5,16,18H2,1-4H3. The lowest BCUT2D eigenvalue weighted by atomic mass is 10.1. The maximum Gasteiger partial charge on any atom is 0.257 e. The molecule has 2 unspecified atom stereocenters. The van der Waals surface area contributed by atoms with Crippen LogP contribution >= 0.6 is 11.8 Å². The second-order valence-corrected chi connectivity index (χ2v) is 10.5. The van der Waals surface area contributed by atoms with Gasteiger partial charge in [-0.05, 0) is 56.0 Å². The molecule has 1 fully saturated rings. The number of carbonyl (C=O) groups excluding carboxylic acids is 3. The number of hydrogen-bond acceptors (Lipinski definition) is 6. The van der Waals surface area contributed by atoms with Gasteiger partial charge in [0.1, 0.15) is 17.1 Å². The number of aromatic nitrogens is 1. The van der Waals surface area contributed by atoms with Gasteiger partial charge >= 0.3 is 0 Å². The summed E-state index contributed by atoms with van der Waals surface area (Å²) in [5, 5.41) is 9.75. The zero-order valence-electron chi connectivity index (χ0n) is 22.0. The summed E-state index contributed by atoms with van der Waals surface area (Å²) in [6.45, 7) is 7.79. The largest absolute Gasteiger partial charge is 0.325 e. The minimum Gasteiger partial charge on any atom is -0.325 e. The predicted octanol–water partition coefficient (Wildman–Crippen LogP) is 5.11. The first-order valence-electron chi connectivity index (χ1n) is 12.6. The molecule has 7 nitrogen and oxygen atoms in total. The maximum atomic E-state index is 14.1. The molecule has 0 N–H and O–H groups in total. The summed E-state index contributed by atoms with van der Waals surface area (Å²) in [5.74, 6) is -1.01. The van der Waals surface area contributed by atoms with Crippen molar-refractivity contribution in [2.24, 2.45) is 0 Å². The fourth-order valence-electron chi connectivity index (χ4n) is 4.59. The number of anilines is 1. The third-order valence-corrected chi connectivity index (χ3v) is 8.31. The number of nitrogens with zero attached hydrogens (tertiary/aromatic N) is 4. The van der Waals surface area contributed by atoms with Crippen LogP contribution in [-0.2, 0) is 20.9 Å². The Bertz CT molecular complexity index is 1400. The van der Waals surface area contributed by atoms with E-state index in [9.17, 15) is 19.6 Å². The zero-order valence-corrected chi connectivity index (χ0v) is 22.8. The highest BCUT2D eigenvalue weighted by Gasteiger charge is 2.45. The summed E-state index contributed by atoms with van der Waals surface area (Å²) >= 11 is 1.25. The first-order valence-corrected chi connectivity index (χ1v) is 13.5. The van der Waals surface area contributed by atoms with Crippen LogP contribution in [0.25, 0.3) is 0 Å². The first kappa shape index (κ1) is 27.1. The molecule has 0 spiro atoms. The molecule has 1 aromatic heterocycles. The molecule has 38 heavy (non-hydrogen) atoms. The number of carbonyl (C=O) groups is 3. The van der Waals surface area contributed by atoms with Crippen LogP contribution in [-0.4, -0.2) is 38.9 Å². The molecule has 8 heteroatoms. The predicted molar refractivity (Wildman–Crippen MR) is 147 cm³/mol. The third kappa shape index (κ3) is 5.34. The molecule has 1 aliphatic rings. The van der Waals surface area contributed by atoms with Gasteiger partial charge in [0.05, 0.1) is 22.9 Å². The van der Waals surface area contributed by atoms with Crippen molar-refractivity contribution in [1.82, 2.24) is 9.88 Å². The lowest BCUT2D eigenvalue weighted by Gasteiger charge is -2.31. The number of benzene rings is 2. The lowest BCUT2D eigenvalue weighted by Crippen LogP contribution is -2.48. The topological polar surface area (TPSA) is 94.4 Å². The van der Waals surface area contributed by atoms with Gasteiger partial charge in [0.2, 0.25) is 11.8 Å². The van der Waals surface area contributed by atoms with E-state index in [0.29, 0.717) is 22.7 Å². The molecule has 0 aliphatic carbocycles. The van der Waals surface area contributed by atoms with Gasteiger partial charge in [0.15, 0.2) is 0 Å². The molecular weight excluding hydrogens is 496 g/mol. The molecule has 1 saturated heterocycles. The van der Waals surface area contributed by atoms with E-state index in [0.717, 1.165) is 22.4 Å². The van der Waals surface area contributed by atoms with E-state index in [1.54, 1.807) is 24.3 Å². The Morgan fingerprint density at radius 1 is 1.08 bits per heavy atom. The van der Waals surface area contributed by atoms with Crippen LogP contribution in [0.3, 0.4) is 0 Å². The van der Waals surface area contributed by atoms with E-state index in [1.807, 2.05) is 64.1 Å². The summed E-state index contributed by atoms with van der Waals surface area (Å²) < 4.78 is 0. The van der Waals surface area contributed by atoms with Crippen molar-refractivity contribution in [3.05, 3.63) is 88.6 Å². The molecule has 2 aromatic carbocycles. The van der Waals surface area contributed by atoms with E-state index < -0.39 is 17.2 Å². The van der Waals surface area contributed by atoms with E-state index in [2.05, 4.69) is 11.1 Å². The van der Waals surface area contributed by atoms with Gasteiger partial charge in [-0.2, -0.15) is 5.26 Å². The van der Waals surface area contributed by atoms with Crippen molar-refractivity contribution in [2.45, 2.75) is 63.4 Å². The molecular formula is C30H30N4O3S. The Labute approximate surface area is 227 Å². The number of thioether (sulfide) groups is 1. The number of para-hydroxylation sites is 1. The van der Waals surface area contributed by atoms with Crippen molar-refractivity contribution < 1.29 is 14.4 Å². The highest BCUT2D eigenvalue weighted by atomic mass is 32.2. The highest BCUT2D eigenvalue weighted by molar-refractivity contribution is 8.00. The van der Waals surface area contributed by atoms with E-state index in [-0.39, 0.29) is 24.8 Å². The Hall–Kier alpha value is -3.96. The number of pyridine rings is 1. The van der Waals surface area contributed by atoms with Crippen LogP contribution in [0.15, 0.2) is 65.7 Å². The smallest absolute Gasteiger partial charge is 0.257 e. The Kier molecular flexibility index (Phi) is 8.28. The van der Waals surface area contributed by atoms with Crippen molar-refractivity contribution in [1.29, 1.82) is 5.26 Å². The molecule has 1 aliphatic heterocycles. The normalized spacial score (nSPS) is 15.9. The molecule has 3 aromatic rings. The van der Waals surface area contributed by atoms with Gasteiger partial charge in [-0.3, -0.25) is 14.4 Å². The number of imide groups is 1. The van der Waals surface area contributed by atoms with Crippen LogP contribution in [0.1, 0.15) is 47.7 Å². The second kappa shape index (κ2) is 11.6. The Morgan fingerprint density at radius 2 is 1.71 bits per heavy atom. The van der Waals surface area contributed by atoms with Crippen molar-refractivity contribution in [2.75, 3.05) is 4.90 Å². The average molecular weight is 527 g/mol. The highest BCUT2D eigenvalue weighted by Crippen LogP contribution is 2.34. The van der Waals surface area contributed by atoms with Crippen LogP contribution in [0.4, 0.5) is 5.69 Å². The molecule has 194 valence electrons. The third-order valence-electron chi connectivity index (χ3n) is 6.97. The minimum absolute atomic E-state index is 0.0855. The van der Waals surface area contributed by atoms with E-state index >= 15 is 0 Å². The van der Waals surface area contributed by atoms with Gasteiger partial charge < -0.3 is 4.90 Å². The Morgan fingerprint density at radius 3 is 2.32 bits per heavy atom. The fourth-order valence-corrected chi connectivity index (χ4v) is 5.76. The van der Waals surface area contributed by atoms with Gasteiger partial charge in [-0.25, -0.2) is 9.88 Å². The fraction of sp³-hybridized carbons (Fsp3) is 0.300. The van der Waals surface area contributed by atoms with Gasteiger partial charge in [0.25, 0.3) is 5.91 Å². The van der Waals surface area contributed by atoms with Crippen LogP contribution < -0.4 is 4.90 Å². The quantitative estimate of drug-likeness (QED) is 0.299. The molecule has 2 atom stereocenters. The van der Waals surface area contributed by atoms with Crippen molar-refractivity contribution in [3.63, 3.8) is 0 Å². The molecule has 0 saturated carbocycles. The van der Waals surface area contributed by atoms with Gasteiger partial charge in [-0.1, -0.05) is 67.2 Å². The lowest BCUT2D eigenvalue weighted by molar-refractivity contribution is -0.138. The summed E-state index contributed by atoms with van der Waals surface area (Å²) in [6.07, 6.45) is 0.377. The van der Waals surface area contributed by atoms with Gasteiger partial charge in [-0.15, -0.1) is 0 Å². The first-order chi connectivity index (χ1) is 18.3. The number of aryl methyl sites for hydroxylation is 1. The van der Waals surface area contributed by atoms with Crippen molar-refractivity contribution in [3.8, 4) is 6.07 Å². The van der Waals surface area contributed by atoms with Crippen LogP contribution in [0, 0.1) is 32.1 Å². The van der Waals surface area contributed by atoms with Crippen LogP contribution in [0.5, 0.6) is 0 Å². The molecule has 0 radical (unpaired) electrons. The number of amides is 3. The summed E-state index contributed by atoms with van der Waals surface area (Å²) in [6, 6.07) is 19.5. The molecule has 3 amide bonds. The SMILES string of the molecule is CCC(Sc1nc(C)c(C)c(C)c1C#N)C(=O)N(Cc1ccccc1)C1CC(=O)N(c2ccccc2)C1=O. The zero-order chi connectivity index (χ0) is 27.4. The van der Waals surface area contributed by atoms with E-state index in [4.69, 9.17) is 0 Å². The van der Waals surface area contributed by atoms with Crippen molar-refractivity contribution >= 4 is 35.2 Å². The summed E-state index contributed by atoms with van der Waals surface area (Å²) in [4.78, 5) is 48.1. The molecule has 0 bridgehead atoms. The maximum absolute atomic E-state index is 14.1. The summed E-state index contributed by atoms with van der Waals surface area (Å²) in [7, 11) is 0. The number of rotatable bonds is 8. The summed E-state index contributed by atoms with van der Waals surface area (Å²) in [5.41, 5.74) is 4.42. The van der Waals surface area contributed by atoms with Gasteiger partial charge in [0, 0.05) is 12.2 Å².